The highest BCUT2D eigenvalue weighted by molar-refractivity contribution is 5.91. The summed E-state index contributed by atoms with van der Waals surface area (Å²) in [6, 6.07) is 7.79. The Kier molecular flexibility index (Phi) is 7.49. The van der Waals surface area contributed by atoms with E-state index in [-0.39, 0.29) is 12.1 Å². The topological polar surface area (TPSA) is 47.1 Å². The van der Waals surface area contributed by atoms with Gasteiger partial charge < -0.3 is 9.80 Å². The minimum atomic E-state index is -0.0758. The lowest BCUT2D eigenvalue weighted by atomic mass is 10.0. The Balaban J connectivity index is 1.98. The van der Waals surface area contributed by atoms with Crippen LogP contribution in [0.1, 0.15) is 11.1 Å². The van der Waals surface area contributed by atoms with Crippen molar-refractivity contribution in [1.29, 1.82) is 0 Å². The molecule has 6 heteroatoms. The zero-order chi connectivity index (χ0) is 23.1. The van der Waals surface area contributed by atoms with Crippen LogP contribution in [0.25, 0.3) is 11.4 Å². The molecule has 3 rings (SSSR count). The summed E-state index contributed by atoms with van der Waals surface area (Å²) in [5.41, 5.74) is 3.50. The van der Waals surface area contributed by atoms with Crippen LogP contribution in [0.3, 0.4) is 0 Å². The second-order valence-electron chi connectivity index (χ2n) is 7.51. The van der Waals surface area contributed by atoms with E-state index in [1.807, 2.05) is 36.4 Å². The molecule has 0 saturated carbocycles. The van der Waals surface area contributed by atoms with Crippen LogP contribution in [0.4, 0.5) is 9.59 Å². The molecule has 0 radical (unpaired) electrons. The van der Waals surface area contributed by atoms with Gasteiger partial charge in [-0.15, -0.1) is 26.3 Å². The molecule has 0 atom stereocenters. The lowest BCUT2D eigenvalue weighted by molar-refractivity contribution is 0.180. The highest BCUT2D eigenvalue weighted by Gasteiger charge is 2.29. The molecule has 2 aliphatic heterocycles. The fraction of sp³-hybridized carbons (Fsp3) is 0.231. The molecule has 32 heavy (non-hydrogen) atoms. The summed E-state index contributed by atoms with van der Waals surface area (Å²) in [5, 5.41) is 0. The molecule has 0 bridgehead atoms. The highest BCUT2D eigenvalue weighted by atomic mass is 16.2. The van der Waals surface area contributed by atoms with Gasteiger partial charge in [-0.25, -0.2) is 9.59 Å². The van der Waals surface area contributed by atoms with Gasteiger partial charge in [-0.3, -0.25) is 9.80 Å². The zero-order valence-corrected chi connectivity index (χ0v) is 18.4. The van der Waals surface area contributed by atoms with E-state index in [2.05, 4.69) is 26.3 Å². The molecule has 0 spiro atoms. The van der Waals surface area contributed by atoms with Crippen molar-refractivity contribution in [3.8, 4) is 0 Å². The van der Waals surface area contributed by atoms with Crippen LogP contribution >= 0.6 is 0 Å². The molecule has 166 valence electrons. The van der Waals surface area contributed by atoms with Crippen LogP contribution in [0.5, 0.6) is 0 Å². The first kappa shape index (κ1) is 22.9. The first-order valence-electron chi connectivity index (χ1n) is 10.6. The lowest BCUT2D eigenvalue weighted by Gasteiger charge is -2.36. The number of hydrogen-bond acceptors (Lipinski definition) is 2. The van der Waals surface area contributed by atoms with E-state index >= 15 is 0 Å². The molecule has 0 saturated heterocycles. The Hall–Kier alpha value is -3.80. The van der Waals surface area contributed by atoms with E-state index < -0.39 is 0 Å². The lowest BCUT2D eigenvalue weighted by Crippen LogP contribution is -2.46. The van der Waals surface area contributed by atoms with E-state index in [0.29, 0.717) is 39.3 Å². The van der Waals surface area contributed by atoms with Gasteiger partial charge in [0.2, 0.25) is 0 Å². The Labute approximate surface area is 190 Å². The van der Waals surface area contributed by atoms with Crippen molar-refractivity contribution in [3.63, 3.8) is 0 Å². The molecule has 2 heterocycles. The quantitative estimate of drug-likeness (QED) is 0.510. The van der Waals surface area contributed by atoms with Gasteiger partial charge in [0.05, 0.1) is 11.4 Å². The van der Waals surface area contributed by atoms with Gasteiger partial charge in [-0.2, -0.15) is 0 Å². The number of carbonyl (C=O) groups excluding carboxylic acids is 2. The maximum Gasteiger partial charge on any atom is 0.325 e. The molecule has 0 N–H and O–H groups in total. The standard InChI is InChI=1S/C26H30N4O2/c1-5-14-27-18-12-23(29(16-7-3)25(27)31)21-10-9-11-22(20-21)24-13-19-28(15-6-2)26(32)30(24)17-8-4/h5-13,20H,1-4,14-19H2. The van der Waals surface area contributed by atoms with Crippen LogP contribution < -0.4 is 0 Å². The minimum absolute atomic E-state index is 0.0758. The molecule has 4 amide bonds. The average molecular weight is 431 g/mol. The van der Waals surface area contributed by atoms with Gasteiger partial charge in [0.15, 0.2) is 0 Å². The van der Waals surface area contributed by atoms with Crippen LogP contribution in [-0.4, -0.2) is 70.9 Å². The van der Waals surface area contributed by atoms with Crippen molar-refractivity contribution in [2.24, 2.45) is 0 Å². The number of rotatable bonds is 10. The zero-order valence-electron chi connectivity index (χ0n) is 18.4. The Morgan fingerprint density at radius 3 is 1.47 bits per heavy atom. The van der Waals surface area contributed by atoms with Crippen molar-refractivity contribution in [1.82, 2.24) is 19.6 Å². The second kappa shape index (κ2) is 10.5. The molecule has 0 fully saturated rings. The third-order valence-electron chi connectivity index (χ3n) is 5.37. The van der Waals surface area contributed by atoms with Crippen LogP contribution in [0.2, 0.25) is 0 Å². The monoisotopic (exact) mass is 430 g/mol. The maximum atomic E-state index is 13.0. The van der Waals surface area contributed by atoms with E-state index in [0.717, 1.165) is 22.5 Å². The number of hydrogen-bond donors (Lipinski definition) is 0. The normalized spacial score (nSPS) is 16.5. The van der Waals surface area contributed by atoms with E-state index in [1.165, 1.54) is 0 Å². The van der Waals surface area contributed by atoms with Crippen molar-refractivity contribution >= 4 is 23.5 Å². The number of amides is 4. The van der Waals surface area contributed by atoms with Crippen molar-refractivity contribution < 1.29 is 9.59 Å². The molecule has 6 nitrogen and oxygen atoms in total. The van der Waals surface area contributed by atoms with Crippen LogP contribution in [0.15, 0.2) is 87.0 Å². The van der Waals surface area contributed by atoms with Gasteiger partial charge in [-0.1, -0.05) is 42.5 Å². The second-order valence-corrected chi connectivity index (χ2v) is 7.51. The van der Waals surface area contributed by atoms with Crippen molar-refractivity contribution in [3.05, 3.63) is 98.2 Å². The largest absolute Gasteiger partial charge is 0.325 e. The van der Waals surface area contributed by atoms with Gasteiger partial charge >= 0.3 is 12.1 Å². The first-order valence-corrected chi connectivity index (χ1v) is 10.6. The van der Waals surface area contributed by atoms with Crippen LogP contribution in [-0.2, 0) is 0 Å². The number of carbonyl (C=O) groups is 2. The van der Waals surface area contributed by atoms with Gasteiger partial charge in [0.1, 0.15) is 0 Å². The van der Waals surface area contributed by atoms with Crippen molar-refractivity contribution in [2.45, 2.75) is 0 Å². The summed E-state index contributed by atoms with van der Waals surface area (Å²) in [7, 11) is 0. The van der Waals surface area contributed by atoms with Crippen molar-refractivity contribution in [2.75, 3.05) is 39.3 Å². The average Bonchev–Trinajstić information content (AvgIpc) is 2.80. The molecule has 1 aromatic carbocycles. The SMILES string of the molecule is C=CCN1CC=C(c2cccc(C3=CCN(CC=C)C(=O)N3CC=C)c2)N(CC=C)C1=O. The molecular weight excluding hydrogens is 400 g/mol. The van der Waals surface area contributed by atoms with E-state index in [1.54, 1.807) is 43.9 Å². The molecule has 0 aromatic heterocycles. The predicted molar refractivity (Wildman–Crippen MR) is 131 cm³/mol. The molecule has 1 aromatic rings. The summed E-state index contributed by atoms with van der Waals surface area (Å²) in [6.45, 7) is 17.9. The number of urea groups is 2. The molecular formula is C26H30N4O2. The number of benzene rings is 1. The molecule has 0 aliphatic carbocycles. The summed E-state index contributed by atoms with van der Waals surface area (Å²) in [4.78, 5) is 32.8. The predicted octanol–water partition coefficient (Wildman–Crippen LogP) is 4.59. The summed E-state index contributed by atoms with van der Waals surface area (Å²) < 4.78 is 0. The summed E-state index contributed by atoms with van der Waals surface area (Å²) >= 11 is 0. The van der Waals surface area contributed by atoms with E-state index in [9.17, 15) is 9.59 Å². The summed E-state index contributed by atoms with van der Waals surface area (Å²) in [6.07, 6.45) is 11.0. The molecule has 2 aliphatic rings. The first-order chi connectivity index (χ1) is 15.5. The molecule has 0 unspecified atom stereocenters. The fourth-order valence-electron chi connectivity index (χ4n) is 3.93. The van der Waals surface area contributed by atoms with Gasteiger partial charge in [0, 0.05) is 39.3 Å². The number of nitrogens with zero attached hydrogens (tertiary/aromatic N) is 4. The van der Waals surface area contributed by atoms with E-state index in [4.69, 9.17) is 0 Å². The van der Waals surface area contributed by atoms with Gasteiger partial charge in [-0.05, 0) is 29.3 Å². The fourth-order valence-corrected chi connectivity index (χ4v) is 3.93. The highest BCUT2D eigenvalue weighted by Crippen LogP contribution is 2.30. The third kappa shape index (κ3) is 4.59. The summed E-state index contributed by atoms with van der Waals surface area (Å²) in [5.74, 6) is 0. The smallest absolute Gasteiger partial charge is 0.317 e. The van der Waals surface area contributed by atoms with Gasteiger partial charge in [0.25, 0.3) is 0 Å². The Morgan fingerprint density at radius 1 is 0.688 bits per heavy atom. The van der Waals surface area contributed by atoms with Crippen LogP contribution in [0, 0.1) is 0 Å². The third-order valence-corrected chi connectivity index (χ3v) is 5.37. The maximum absolute atomic E-state index is 13.0. The minimum Gasteiger partial charge on any atom is -0.317 e. The Bertz CT molecular complexity index is 916. The Morgan fingerprint density at radius 2 is 1.09 bits per heavy atom.